The highest BCUT2D eigenvalue weighted by Gasteiger charge is 2.31. The number of nitrogens with one attached hydrogen (secondary N) is 1. The van der Waals surface area contributed by atoms with Crippen LogP contribution in [0.25, 0.3) is 0 Å². The van der Waals surface area contributed by atoms with Gasteiger partial charge in [-0.15, -0.1) is 0 Å². The summed E-state index contributed by atoms with van der Waals surface area (Å²) in [7, 11) is 0. The number of rotatable bonds is 6. The SMILES string of the molecule is O=C(CO)Nc1ccc(N2C[C@H](CN=Cc3ccccc3)OC2=O)cc1. The van der Waals surface area contributed by atoms with E-state index in [0.29, 0.717) is 24.5 Å². The summed E-state index contributed by atoms with van der Waals surface area (Å²) in [6.07, 6.45) is 1.03. The van der Waals surface area contributed by atoms with Crippen LogP contribution in [0.4, 0.5) is 16.2 Å². The van der Waals surface area contributed by atoms with Gasteiger partial charge in [0.2, 0.25) is 5.91 Å². The van der Waals surface area contributed by atoms with Crippen molar-refractivity contribution in [3.05, 3.63) is 60.2 Å². The van der Waals surface area contributed by atoms with Crippen LogP contribution in [0.15, 0.2) is 59.6 Å². The Bertz CT molecular complexity index is 790. The lowest BCUT2D eigenvalue weighted by atomic mass is 10.2. The predicted octanol–water partition coefficient (Wildman–Crippen LogP) is 2.06. The number of aliphatic imine (C=N–C) groups is 1. The number of aliphatic hydroxyl groups is 1. The number of carbonyl (C=O) groups excluding carboxylic acids is 2. The van der Waals surface area contributed by atoms with E-state index in [0.717, 1.165) is 5.56 Å². The second kappa shape index (κ2) is 8.26. The Morgan fingerprint density at radius 1 is 1.23 bits per heavy atom. The first-order valence-corrected chi connectivity index (χ1v) is 8.19. The Labute approximate surface area is 150 Å². The van der Waals surface area contributed by atoms with Crippen LogP contribution >= 0.6 is 0 Å². The van der Waals surface area contributed by atoms with Crippen molar-refractivity contribution in [2.75, 3.05) is 29.9 Å². The monoisotopic (exact) mass is 353 g/mol. The zero-order chi connectivity index (χ0) is 18.4. The fraction of sp³-hybridized carbons (Fsp3) is 0.211. The van der Waals surface area contributed by atoms with Crippen molar-refractivity contribution in [1.29, 1.82) is 0 Å². The summed E-state index contributed by atoms with van der Waals surface area (Å²) in [5, 5.41) is 11.3. The number of anilines is 2. The minimum atomic E-state index is -0.578. The quantitative estimate of drug-likeness (QED) is 0.778. The number of hydrogen-bond donors (Lipinski definition) is 2. The number of benzene rings is 2. The molecule has 134 valence electrons. The summed E-state index contributed by atoms with van der Waals surface area (Å²) in [5.74, 6) is -0.491. The number of ether oxygens (including phenoxy) is 1. The van der Waals surface area contributed by atoms with Crippen LogP contribution < -0.4 is 10.2 Å². The van der Waals surface area contributed by atoms with Crippen LogP contribution in [-0.4, -0.2) is 49.1 Å². The van der Waals surface area contributed by atoms with E-state index in [9.17, 15) is 9.59 Å². The minimum Gasteiger partial charge on any atom is -0.442 e. The first-order valence-electron chi connectivity index (χ1n) is 8.19. The van der Waals surface area contributed by atoms with Gasteiger partial charge < -0.3 is 15.2 Å². The molecule has 0 bridgehead atoms. The minimum absolute atomic E-state index is 0.309. The maximum Gasteiger partial charge on any atom is 0.414 e. The fourth-order valence-electron chi connectivity index (χ4n) is 2.57. The zero-order valence-electron chi connectivity index (χ0n) is 14.0. The van der Waals surface area contributed by atoms with Crippen LogP contribution in [0, 0.1) is 0 Å². The summed E-state index contributed by atoms with van der Waals surface area (Å²) < 4.78 is 5.35. The molecule has 2 N–H and O–H groups in total. The van der Waals surface area contributed by atoms with Gasteiger partial charge >= 0.3 is 6.09 Å². The van der Waals surface area contributed by atoms with Gasteiger partial charge in [0.15, 0.2) is 0 Å². The lowest BCUT2D eigenvalue weighted by molar-refractivity contribution is -0.118. The second-order valence-corrected chi connectivity index (χ2v) is 5.77. The summed E-state index contributed by atoms with van der Waals surface area (Å²) in [4.78, 5) is 29.1. The van der Waals surface area contributed by atoms with Crippen LogP contribution in [-0.2, 0) is 9.53 Å². The molecule has 2 aromatic carbocycles. The van der Waals surface area contributed by atoms with Gasteiger partial charge in [0.05, 0.1) is 13.1 Å². The fourth-order valence-corrected chi connectivity index (χ4v) is 2.57. The van der Waals surface area contributed by atoms with Crippen LogP contribution in [0.1, 0.15) is 5.56 Å². The lowest BCUT2D eigenvalue weighted by Gasteiger charge is -2.13. The predicted molar refractivity (Wildman–Crippen MR) is 98.7 cm³/mol. The Morgan fingerprint density at radius 3 is 2.65 bits per heavy atom. The summed E-state index contributed by atoms with van der Waals surface area (Å²) >= 11 is 0. The average Bonchev–Trinajstić information content (AvgIpc) is 3.03. The molecule has 1 aliphatic heterocycles. The van der Waals surface area contributed by atoms with Gasteiger partial charge in [-0.2, -0.15) is 0 Å². The number of nitrogens with zero attached hydrogens (tertiary/aromatic N) is 2. The molecule has 2 aromatic rings. The van der Waals surface area contributed by atoms with Crippen LogP contribution in [0.2, 0.25) is 0 Å². The molecule has 26 heavy (non-hydrogen) atoms. The molecule has 1 heterocycles. The molecular formula is C19H19N3O4. The number of cyclic esters (lactones) is 1. The molecule has 0 saturated carbocycles. The van der Waals surface area contributed by atoms with Crippen LogP contribution in [0.3, 0.4) is 0 Å². The van der Waals surface area contributed by atoms with Crippen molar-refractivity contribution in [1.82, 2.24) is 0 Å². The Morgan fingerprint density at radius 2 is 1.96 bits per heavy atom. The third kappa shape index (κ3) is 4.46. The number of aliphatic hydroxyl groups excluding tert-OH is 1. The van der Waals surface area contributed by atoms with E-state index in [1.54, 1.807) is 30.5 Å². The normalized spacial score (nSPS) is 16.7. The highest BCUT2D eigenvalue weighted by Crippen LogP contribution is 2.23. The molecule has 0 aliphatic carbocycles. The van der Waals surface area contributed by atoms with E-state index in [4.69, 9.17) is 9.84 Å². The standard InChI is InChI=1S/C19H19N3O4/c23-13-18(24)21-15-6-8-16(9-7-15)22-12-17(26-19(22)25)11-20-10-14-4-2-1-3-5-14/h1-10,17,23H,11-13H2,(H,21,24)/t17-/m0/s1. The van der Waals surface area contributed by atoms with Crippen molar-refractivity contribution in [2.45, 2.75) is 6.10 Å². The molecule has 0 unspecified atom stereocenters. The van der Waals surface area contributed by atoms with Gasteiger partial charge in [-0.25, -0.2) is 4.79 Å². The summed E-state index contributed by atoms with van der Waals surface area (Å²) in [5.41, 5.74) is 2.21. The maximum atomic E-state index is 12.1. The first-order chi connectivity index (χ1) is 12.7. The highest BCUT2D eigenvalue weighted by molar-refractivity contribution is 5.93. The van der Waals surface area contributed by atoms with Crippen molar-refractivity contribution in [2.24, 2.45) is 4.99 Å². The third-order valence-electron chi connectivity index (χ3n) is 3.83. The highest BCUT2D eigenvalue weighted by atomic mass is 16.6. The van der Waals surface area contributed by atoms with E-state index >= 15 is 0 Å². The second-order valence-electron chi connectivity index (χ2n) is 5.77. The smallest absolute Gasteiger partial charge is 0.414 e. The molecule has 1 fully saturated rings. The van der Waals surface area contributed by atoms with E-state index in [-0.39, 0.29) is 6.10 Å². The molecule has 7 nitrogen and oxygen atoms in total. The Hall–Kier alpha value is -3.19. The van der Waals surface area contributed by atoms with Gasteiger partial charge in [0.25, 0.3) is 0 Å². The first kappa shape index (κ1) is 17.6. The third-order valence-corrected chi connectivity index (χ3v) is 3.83. The van der Waals surface area contributed by atoms with Gasteiger partial charge in [0.1, 0.15) is 12.7 Å². The zero-order valence-corrected chi connectivity index (χ0v) is 14.0. The summed E-state index contributed by atoms with van der Waals surface area (Å²) in [6.45, 7) is 0.223. The van der Waals surface area contributed by atoms with Gasteiger partial charge in [-0.05, 0) is 29.8 Å². The number of carbonyl (C=O) groups is 2. The van der Waals surface area contributed by atoms with E-state index < -0.39 is 18.6 Å². The molecule has 0 aromatic heterocycles. The van der Waals surface area contributed by atoms with Crippen molar-refractivity contribution in [3.8, 4) is 0 Å². The Balaban J connectivity index is 1.57. The maximum absolute atomic E-state index is 12.1. The molecule has 1 aliphatic rings. The molecule has 2 amide bonds. The molecule has 0 spiro atoms. The molecule has 0 radical (unpaired) electrons. The van der Waals surface area contributed by atoms with Gasteiger partial charge in [-0.1, -0.05) is 30.3 Å². The van der Waals surface area contributed by atoms with E-state index in [2.05, 4.69) is 10.3 Å². The molecule has 7 heteroatoms. The van der Waals surface area contributed by atoms with Crippen molar-refractivity contribution >= 4 is 29.6 Å². The number of amides is 2. The number of hydrogen-bond acceptors (Lipinski definition) is 5. The lowest BCUT2D eigenvalue weighted by Crippen LogP contribution is -2.25. The molecule has 1 atom stereocenters. The van der Waals surface area contributed by atoms with Crippen molar-refractivity contribution < 1.29 is 19.4 Å². The largest absolute Gasteiger partial charge is 0.442 e. The van der Waals surface area contributed by atoms with Gasteiger partial charge in [-0.3, -0.25) is 14.7 Å². The summed E-state index contributed by atoms with van der Waals surface area (Å²) in [6, 6.07) is 16.5. The average molecular weight is 353 g/mol. The molecule has 3 rings (SSSR count). The Kier molecular flexibility index (Phi) is 5.60. The molecular weight excluding hydrogens is 334 g/mol. The van der Waals surface area contributed by atoms with Crippen molar-refractivity contribution in [3.63, 3.8) is 0 Å². The topological polar surface area (TPSA) is 91.2 Å². The van der Waals surface area contributed by atoms with E-state index in [1.165, 1.54) is 4.90 Å². The van der Waals surface area contributed by atoms with E-state index in [1.807, 2.05) is 30.3 Å². The molecule has 1 saturated heterocycles. The van der Waals surface area contributed by atoms with Gasteiger partial charge in [0, 0.05) is 17.6 Å². The van der Waals surface area contributed by atoms with Crippen LogP contribution in [0.5, 0.6) is 0 Å².